The largest absolute Gasteiger partial charge is 0.478 e. The monoisotopic (exact) mass is 238 g/mol. The van der Waals surface area contributed by atoms with Gasteiger partial charge in [0.05, 0.1) is 23.0 Å². The second-order valence-electron chi connectivity index (χ2n) is 2.74. The quantitative estimate of drug-likeness (QED) is 0.308. The van der Waals surface area contributed by atoms with Crippen LogP contribution in [0.25, 0.3) is 0 Å². The molecule has 0 aliphatic heterocycles. The molecular weight excluding hydrogens is 228 g/mol. The van der Waals surface area contributed by atoms with Crippen LogP contribution in [0.2, 0.25) is 0 Å². The van der Waals surface area contributed by atoms with Gasteiger partial charge in [-0.05, 0) is 6.08 Å². The minimum atomic E-state index is -1.48. The lowest BCUT2D eigenvalue weighted by Gasteiger charge is -2.05. The van der Waals surface area contributed by atoms with Crippen molar-refractivity contribution in [2.24, 2.45) is 0 Å². The Morgan fingerprint density at radius 2 is 1.59 bits per heavy atom. The second kappa shape index (κ2) is 6.06. The molecule has 0 heterocycles. The number of esters is 1. The number of carbonyl (C=O) groups is 3. The van der Waals surface area contributed by atoms with Crippen molar-refractivity contribution in [2.45, 2.75) is 0 Å². The zero-order valence-electron chi connectivity index (χ0n) is 8.80. The number of hydrogen-bond donors (Lipinski definition) is 2. The molecule has 0 aliphatic rings. The molecule has 90 valence electrons. The predicted molar refractivity (Wildman–Crippen MR) is 57.9 cm³/mol. The van der Waals surface area contributed by atoms with Crippen LogP contribution in [0.4, 0.5) is 0 Å². The fourth-order valence-corrected chi connectivity index (χ4v) is 0.760. The van der Waals surface area contributed by atoms with Gasteiger partial charge in [0, 0.05) is 0 Å². The van der Waals surface area contributed by atoms with Gasteiger partial charge in [0.15, 0.2) is 0 Å². The van der Waals surface area contributed by atoms with E-state index >= 15 is 0 Å². The van der Waals surface area contributed by atoms with Crippen molar-refractivity contribution in [1.82, 2.24) is 0 Å². The van der Waals surface area contributed by atoms with Gasteiger partial charge in [-0.3, -0.25) is 0 Å². The van der Waals surface area contributed by atoms with Crippen LogP contribution >= 0.6 is 0 Å². The number of carbonyl (C=O) groups excluding carboxylic acids is 1. The third-order valence-corrected chi connectivity index (χ3v) is 1.59. The molecule has 0 amide bonds. The lowest BCUT2D eigenvalue weighted by molar-refractivity contribution is -0.136. The molecule has 2 N–H and O–H groups in total. The van der Waals surface area contributed by atoms with Crippen molar-refractivity contribution in [3.05, 3.63) is 48.8 Å². The highest BCUT2D eigenvalue weighted by atomic mass is 16.5. The Morgan fingerprint density at radius 1 is 1.06 bits per heavy atom. The summed E-state index contributed by atoms with van der Waals surface area (Å²) >= 11 is 0. The fourth-order valence-electron chi connectivity index (χ4n) is 0.760. The molecule has 0 spiro atoms. The van der Waals surface area contributed by atoms with E-state index in [4.69, 9.17) is 10.2 Å². The summed E-state index contributed by atoms with van der Waals surface area (Å²) in [7, 11) is 0. The van der Waals surface area contributed by atoms with Crippen LogP contribution in [-0.2, 0) is 19.1 Å². The molecular formula is C11H10O6. The highest BCUT2D eigenvalue weighted by Gasteiger charge is 2.20. The summed E-state index contributed by atoms with van der Waals surface area (Å²) in [5.41, 5.74) is -1.58. The van der Waals surface area contributed by atoms with Crippen molar-refractivity contribution in [1.29, 1.82) is 0 Å². The van der Waals surface area contributed by atoms with Crippen molar-refractivity contribution in [2.75, 3.05) is 0 Å². The van der Waals surface area contributed by atoms with Crippen LogP contribution in [0.1, 0.15) is 0 Å². The van der Waals surface area contributed by atoms with Gasteiger partial charge in [-0.1, -0.05) is 19.7 Å². The SMILES string of the molecule is C=COC(=O)C(=CC(=C)C(=O)O)C(=C)C(=O)O. The van der Waals surface area contributed by atoms with E-state index in [1.165, 1.54) is 0 Å². The summed E-state index contributed by atoms with van der Waals surface area (Å²) in [4.78, 5) is 32.5. The average molecular weight is 238 g/mol. The number of carboxylic acid groups (broad SMARTS) is 2. The molecule has 6 heteroatoms. The van der Waals surface area contributed by atoms with Gasteiger partial charge in [-0.15, -0.1) is 0 Å². The van der Waals surface area contributed by atoms with Crippen LogP contribution in [0.3, 0.4) is 0 Å². The van der Waals surface area contributed by atoms with E-state index in [-0.39, 0.29) is 0 Å². The van der Waals surface area contributed by atoms with Gasteiger partial charge in [0.2, 0.25) is 0 Å². The zero-order valence-corrected chi connectivity index (χ0v) is 8.80. The first-order chi connectivity index (χ1) is 7.81. The Kier molecular flexibility index (Phi) is 5.12. The minimum Gasteiger partial charge on any atom is -0.478 e. The Hall–Kier alpha value is -2.63. The summed E-state index contributed by atoms with van der Waals surface area (Å²) in [5.74, 6) is -3.95. The zero-order chi connectivity index (χ0) is 13.6. The van der Waals surface area contributed by atoms with Gasteiger partial charge >= 0.3 is 17.9 Å². The Morgan fingerprint density at radius 3 is 1.94 bits per heavy atom. The number of carboxylic acids is 2. The number of hydrogen-bond acceptors (Lipinski definition) is 4. The molecule has 0 bridgehead atoms. The van der Waals surface area contributed by atoms with Crippen LogP contribution in [0, 0.1) is 0 Å². The van der Waals surface area contributed by atoms with Crippen molar-refractivity contribution in [3.63, 3.8) is 0 Å². The van der Waals surface area contributed by atoms with Gasteiger partial charge in [0.1, 0.15) is 0 Å². The number of ether oxygens (including phenoxy) is 1. The van der Waals surface area contributed by atoms with E-state index in [1.54, 1.807) is 0 Å². The number of rotatable bonds is 6. The maximum absolute atomic E-state index is 11.3. The van der Waals surface area contributed by atoms with E-state index in [9.17, 15) is 14.4 Å². The average Bonchev–Trinajstić information content (AvgIpc) is 2.24. The molecule has 0 fully saturated rings. The van der Waals surface area contributed by atoms with E-state index in [2.05, 4.69) is 24.5 Å². The molecule has 0 aromatic carbocycles. The molecule has 0 rings (SSSR count). The third-order valence-electron chi connectivity index (χ3n) is 1.59. The van der Waals surface area contributed by atoms with Gasteiger partial charge in [0.25, 0.3) is 0 Å². The van der Waals surface area contributed by atoms with Crippen molar-refractivity contribution in [3.8, 4) is 0 Å². The van der Waals surface area contributed by atoms with Crippen LogP contribution < -0.4 is 0 Å². The summed E-state index contributed by atoms with van der Waals surface area (Å²) in [5, 5.41) is 17.2. The molecule has 0 unspecified atom stereocenters. The molecule has 17 heavy (non-hydrogen) atoms. The lowest BCUT2D eigenvalue weighted by Crippen LogP contribution is -2.13. The molecule has 0 saturated carbocycles. The van der Waals surface area contributed by atoms with Gasteiger partial charge in [-0.2, -0.15) is 0 Å². The summed E-state index contributed by atoms with van der Waals surface area (Å²) < 4.78 is 4.35. The second-order valence-corrected chi connectivity index (χ2v) is 2.74. The maximum Gasteiger partial charge on any atom is 0.343 e. The normalized spacial score (nSPS) is 10.2. The minimum absolute atomic E-state index is 0.469. The van der Waals surface area contributed by atoms with Crippen LogP contribution in [-0.4, -0.2) is 28.1 Å². The third kappa shape index (κ3) is 4.17. The fraction of sp³-hybridized carbons (Fsp3) is 0. The first-order valence-electron chi connectivity index (χ1n) is 4.19. The number of aliphatic carboxylic acids is 2. The molecule has 0 aromatic heterocycles. The molecule has 0 aliphatic carbocycles. The molecule has 0 saturated heterocycles. The summed E-state index contributed by atoms with van der Waals surface area (Å²) in [6.45, 7) is 9.38. The maximum atomic E-state index is 11.3. The van der Waals surface area contributed by atoms with Crippen molar-refractivity contribution >= 4 is 17.9 Å². The highest BCUT2D eigenvalue weighted by Crippen LogP contribution is 2.13. The first kappa shape index (κ1) is 14.4. The molecule has 0 aromatic rings. The predicted octanol–water partition coefficient (Wildman–Crippen LogP) is 0.881. The topological polar surface area (TPSA) is 101 Å². The van der Waals surface area contributed by atoms with E-state index in [1.807, 2.05) is 0 Å². The Labute approximate surface area is 96.8 Å². The Balaban J connectivity index is 5.39. The molecule has 0 radical (unpaired) electrons. The molecule has 6 nitrogen and oxygen atoms in total. The summed E-state index contributed by atoms with van der Waals surface area (Å²) in [6, 6.07) is 0. The van der Waals surface area contributed by atoms with E-state index in [0.29, 0.717) is 0 Å². The van der Waals surface area contributed by atoms with Crippen LogP contribution in [0.15, 0.2) is 48.8 Å². The Bertz CT molecular complexity index is 441. The first-order valence-corrected chi connectivity index (χ1v) is 4.19. The standard InChI is InChI=1S/C11H10O6/c1-4-17-11(16)8(7(3)10(14)15)5-6(2)9(12)13/h4-5H,1-3H2,(H,12,13)(H,14,15). The van der Waals surface area contributed by atoms with E-state index < -0.39 is 34.6 Å². The highest BCUT2D eigenvalue weighted by molar-refractivity contribution is 6.07. The smallest absolute Gasteiger partial charge is 0.343 e. The lowest BCUT2D eigenvalue weighted by atomic mass is 10.1. The van der Waals surface area contributed by atoms with Crippen LogP contribution in [0.5, 0.6) is 0 Å². The van der Waals surface area contributed by atoms with Gasteiger partial charge in [-0.25, -0.2) is 14.4 Å². The van der Waals surface area contributed by atoms with Gasteiger partial charge < -0.3 is 14.9 Å². The molecule has 0 atom stereocenters. The van der Waals surface area contributed by atoms with E-state index in [0.717, 1.165) is 12.3 Å². The van der Waals surface area contributed by atoms with Crippen molar-refractivity contribution < 1.29 is 29.3 Å². The summed E-state index contributed by atoms with van der Waals surface area (Å²) in [6.07, 6.45) is 1.56.